The van der Waals surface area contributed by atoms with Crippen LogP contribution in [0, 0.1) is 0 Å². The van der Waals surface area contributed by atoms with Gasteiger partial charge < -0.3 is 5.32 Å². The lowest BCUT2D eigenvalue weighted by atomic mass is 9.92. The Morgan fingerprint density at radius 3 is 2.53 bits per heavy atom. The summed E-state index contributed by atoms with van der Waals surface area (Å²) < 4.78 is 13.0. The number of hydrogen-bond acceptors (Lipinski definition) is 1. The summed E-state index contributed by atoms with van der Waals surface area (Å²) in [6.07, 6.45) is 6.27. The number of allylic oxidation sites excluding steroid dienone is 3. The molecule has 86 valence electrons. The smallest absolute Gasteiger partial charge is 0.119 e. The van der Waals surface area contributed by atoms with Crippen LogP contribution in [0.5, 0.6) is 0 Å². The van der Waals surface area contributed by atoms with Gasteiger partial charge in [0.15, 0.2) is 0 Å². The van der Waals surface area contributed by atoms with E-state index in [1.165, 1.54) is 5.57 Å². The van der Waals surface area contributed by atoms with Gasteiger partial charge >= 0.3 is 0 Å². The molecule has 0 radical (unpaired) electrons. The molecule has 1 aliphatic rings. The van der Waals surface area contributed by atoms with E-state index in [4.69, 9.17) is 0 Å². The van der Waals surface area contributed by atoms with Crippen molar-refractivity contribution in [2.45, 2.75) is 52.2 Å². The first kappa shape index (κ1) is 12.4. The zero-order valence-electron chi connectivity index (χ0n) is 10.0. The molecule has 0 aromatic heterocycles. The number of halogens is 1. The van der Waals surface area contributed by atoms with Crippen LogP contribution in [-0.4, -0.2) is 18.8 Å². The van der Waals surface area contributed by atoms with Gasteiger partial charge in [0, 0.05) is 6.04 Å². The second kappa shape index (κ2) is 6.06. The predicted molar refractivity (Wildman–Crippen MR) is 63.7 cm³/mol. The van der Waals surface area contributed by atoms with E-state index >= 15 is 0 Å². The van der Waals surface area contributed by atoms with E-state index in [0.29, 0.717) is 6.04 Å². The van der Waals surface area contributed by atoms with Crippen LogP contribution in [0.25, 0.3) is 0 Å². The Morgan fingerprint density at radius 1 is 1.33 bits per heavy atom. The molecule has 15 heavy (non-hydrogen) atoms. The van der Waals surface area contributed by atoms with Gasteiger partial charge in [-0.05, 0) is 45.2 Å². The van der Waals surface area contributed by atoms with Gasteiger partial charge in [-0.25, -0.2) is 4.39 Å². The van der Waals surface area contributed by atoms with Gasteiger partial charge in [0.25, 0.3) is 0 Å². The summed E-state index contributed by atoms with van der Waals surface area (Å²) in [6, 6.07) is 0.527. The van der Waals surface area contributed by atoms with E-state index in [9.17, 15) is 4.39 Å². The third kappa shape index (κ3) is 4.17. The molecular formula is C13H22FN. The highest BCUT2D eigenvalue weighted by Crippen LogP contribution is 2.24. The van der Waals surface area contributed by atoms with Crippen molar-refractivity contribution in [3.05, 3.63) is 23.3 Å². The van der Waals surface area contributed by atoms with Gasteiger partial charge in [0.1, 0.15) is 6.17 Å². The zero-order chi connectivity index (χ0) is 11.3. The van der Waals surface area contributed by atoms with E-state index in [0.717, 1.165) is 31.4 Å². The Hall–Kier alpha value is -0.630. The first-order chi connectivity index (χ1) is 7.13. The Morgan fingerprint density at radius 2 is 2.07 bits per heavy atom. The van der Waals surface area contributed by atoms with Gasteiger partial charge in [-0.1, -0.05) is 24.6 Å². The largest absolute Gasteiger partial charge is 0.314 e. The first-order valence-corrected chi connectivity index (χ1v) is 5.89. The van der Waals surface area contributed by atoms with Crippen LogP contribution in [0.2, 0.25) is 0 Å². The molecule has 0 aromatic rings. The van der Waals surface area contributed by atoms with Crippen LogP contribution in [0.15, 0.2) is 23.3 Å². The van der Waals surface area contributed by atoms with E-state index in [-0.39, 0.29) is 0 Å². The fourth-order valence-electron chi connectivity index (χ4n) is 2.01. The molecule has 2 heteroatoms. The fourth-order valence-corrected chi connectivity index (χ4v) is 2.01. The molecule has 0 aliphatic heterocycles. The van der Waals surface area contributed by atoms with Crippen LogP contribution in [0.3, 0.4) is 0 Å². The number of nitrogens with one attached hydrogen (secondary N) is 1. The minimum absolute atomic E-state index is 0.527. The summed E-state index contributed by atoms with van der Waals surface area (Å²) in [5.74, 6) is 0. The average Bonchev–Trinajstić information content (AvgIpc) is 2.18. The van der Waals surface area contributed by atoms with Crippen molar-refractivity contribution in [2.75, 3.05) is 6.54 Å². The standard InChI is InChI=1S/C13H22FN/c1-4-15-10(2)9-12-5-7-13(8-6-12)11(3)14/h5,7,10-11,15H,4,6,8-9H2,1-3H3. The van der Waals surface area contributed by atoms with Crippen LogP contribution >= 0.6 is 0 Å². The minimum Gasteiger partial charge on any atom is -0.314 e. The highest BCUT2D eigenvalue weighted by molar-refractivity contribution is 5.26. The maximum atomic E-state index is 13.0. The second-order valence-electron chi connectivity index (χ2n) is 4.35. The molecule has 0 bridgehead atoms. The Labute approximate surface area is 92.4 Å². The number of hydrogen-bond donors (Lipinski definition) is 1. The monoisotopic (exact) mass is 211 g/mol. The fraction of sp³-hybridized carbons (Fsp3) is 0.692. The van der Waals surface area contributed by atoms with Crippen molar-refractivity contribution in [2.24, 2.45) is 0 Å². The maximum absolute atomic E-state index is 13.0. The third-order valence-corrected chi connectivity index (χ3v) is 2.90. The van der Waals surface area contributed by atoms with E-state index in [1.807, 2.05) is 6.08 Å². The van der Waals surface area contributed by atoms with Gasteiger partial charge in [-0.2, -0.15) is 0 Å². The van der Waals surface area contributed by atoms with E-state index in [1.54, 1.807) is 6.92 Å². The summed E-state index contributed by atoms with van der Waals surface area (Å²) in [6.45, 7) is 6.94. The third-order valence-electron chi connectivity index (χ3n) is 2.90. The first-order valence-electron chi connectivity index (χ1n) is 5.89. The Balaban J connectivity index is 2.45. The molecule has 1 N–H and O–H groups in total. The molecule has 0 heterocycles. The quantitative estimate of drug-likeness (QED) is 0.735. The predicted octanol–water partition coefficient (Wildman–Crippen LogP) is 3.38. The normalized spacial score (nSPS) is 20.5. The molecule has 0 spiro atoms. The second-order valence-corrected chi connectivity index (χ2v) is 4.35. The molecule has 1 aliphatic carbocycles. The molecule has 0 saturated heterocycles. The lowest BCUT2D eigenvalue weighted by Crippen LogP contribution is -2.26. The molecule has 0 amide bonds. The van der Waals surface area contributed by atoms with Crippen LogP contribution in [0.4, 0.5) is 4.39 Å². The van der Waals surface area contributed by atoms with Crippen LogP contribution in [0.1, 0.15) is 40.0 Å². The SMILES string of the molecule is CCNC(C)CC1=CC=C(C(C)F)CC1. The van der Waals surface area contributed by atoms with Gasteiger partial charge in [-0.15, -0.1) is 0 Å². The van der Waals surface area contributed by atoms with E-state index in [2.05, 4.69) is 25.2 Å². The summed E-state index contributed by atoms with van der Waals surface area (Å²) in [7, 11) is 0. The maximum Gasteiger partial charge on any atom is 0.119 e. The summed E-state index contributed by atoms with van der Waals surface area (Å²) >= 11 is 0. The average molecular weight is 211 g/mol. The zero-order valence-corrected chi connectivity index (χ0v) is 10.0. The topological polar surface area (TPSA) is 12.0 Å². The summed E-state index contributed by atoms with van der Waals surface area (Å²) in [5, 5.41) is 3.39. The van der Waals surface area contributed by atoms with Gasteiger partial charge in [0.2, 0.25) is 0 Å². The number of alkyl halides is 1. The lowest BCUT2D eigenvalue weighted by Gasteiger charge is -2.19. The molecule has 0 saturated carbocycles. The minimum atomic E-state index is -0.783. The van der Waals surface area contributed by atoms with E-state index < -0.39 is 6.17 Å². The molecule has 2 unspecified atom stereocenters. The molecule has 0 fully saturated rings. The molecule has 2 atom stereocenters. The van der Waals surface area contributed by atoms with Gasteiger partial charge in [-0.3, -0.25) is 0 Å². The van der Waals surface area contributed by atoms with Crippen molar-refractivity contribution in [3.63, 3.8) is 0 Å². The van der Waals surface area contributed by atoms with Crippen molar-refractivity contribution < 1.29 is 4.39 Å². The summed E-state index contributed by atoms with van der Waals surface area (Å²) in [4.78, 5) is 0. The van der Waals surface area contributed by atoms with Gasteiger partial charge in [0.05, 0.1) is 0 Å². The Bertz CT molecular complexity index is 253. The lowest BCUT2D eigenvalue weighted by molar-refractivity contribution is 0.400. The Kier molecular flexibility index (Phi) is 5.03. The van der Waals surface area contributed by atoms with Crippen LogP contribution < -0.4 is 5.32 Å². The van der Waals surface area contributed by atoms with Crippen molar-refractivity contribution in [1.82, 2.24) is 5.32 Å². The highest BCUT2D eigenvalue weighted by atomic mass is 19.1. The molecule has 0 aromatic carbocycles. The molecular weight excluding hydrogens is 189 g/mol. The molecule has 1 rings (SSSR count). The van der Waals surface area contributed by atoms with Crippen molar-refractivity contribution in [1.29, 1.82) is 0 Å². The highest BCUT2D eigenvalue weighted by Gasteiger charge is 2.12. The van der Waals surface area contributed by atoms with Crippen molar-refractivity contribution in [3.8, 4) is 0 Å². The van der Waals surface area contributed by atoms with Crippen molar-refractivity contribution >= 4 is 0 Å². The number of rotatable bonds is 5. The molecule has 1 nitrogen and oxygen atoms in total. The van der Waals surface area contributed by atoms with Crippen LogP contribution in [-0.2, 0) is 0 Å². The summed E-state index contributed by atoms with van der Waals surface area (Å²) in [5.41, 5.74) is 2.38.